The Morgan fingerprint density at radius 1 is 1.20 bits per heavy atom. The Hall–Kier alpha value is -0.0300. The second-order valence-electron chi connectivity index (χ2n) is 4.83. The Kier molecular flexibility index (Phi) is 10.9. The molecule has 25 heavy (non-hydrogen) atoms. The van der Waals surface area contributed by atoms with Crippen molar-refractivity contribution >= 4 is 40.2 Å². The average Bonchev–Trinajstić information content (AvgIpc) is 2.50. The third-order valence-electron chi connectivity index (χ3n) is 2.87. The monoisotopic (exact) mass is 481 g/mol. The summed E-state index contributed by atoms with van der Waals surface area (Å²) in [6, 6.07) is 7.57. The van der Waals surface area contributed by atoms with Crippen molar-refractivity contribution in [2.75, 3.05) is 28.3 Å². The zero-order valence-corrected chi connectivity index (χ0v) is 17.9. The van der Waals surface area contributed by atoms with Crippen molar-refractivity contribution in [2.45, 2.75) is 5.78 Å². The zero-order chi connectivity index (χ0) is 19.8. The van der Waals surface area contributed by atoms with Gasteiger partial charge < -0.3 is 13.9 Å². The largest absolute Gasteiger partial charge is 0.391 e. The quantitative estimate of drug-likeness (QED) is 0.474. The fraction of sp³-hybridized carbons (Fsp3) is 0.385. The fourth-order valence-corrected chi connectivity index (χ4v) is 3.89. The molecule has 0 heterocycles. The molecule has 0 spiro atoms. The maximum absolute atomic E-state index is 12.5. The molecule has 0 fully saturated rings. The van der Waals surface area contributed by atoms with Gasteiger partial charge >= 0.3 is 7.60 Å². The topological polar surface area (TPSA) is 132 Å². The fourth-order valence-electron chi connectivity index (χ4n) is 1.72. The first-order chi connectivity index (χ1) is 11.3. The van der Waals surface area contributed by atoms with Gasteiger partial charge in [-0.25, -0.2) is 18.6 Å². The zero-order valence-electron chi connectivity index (χ0n) is 13.9. The van der Waals surface area contributed by atoms with E-state index in [4.69, 9.17) is 39.3 Å². The van der Waals surface area contributed by atoms with Gasteiger partial charge in [0.25, 0.3) is 0 Å². The van der Waals surface area contributed by atoms with E-state index in [2.05, 4.69) is 15.9 Å². The molecular formula is C13H19BrCl2NO7P. The molecule has 12 heteroatoms. The Bertz CT molecular complexity index is 593. The van der Waals surface area contributed by atoms with Crippen LogP contribution < -0.4 is 23.5 Å². The number of nitrogens with one attached hydrogen (secondary N) is 1. The molecule has 1 atom stereocenters. The summed E-state index contributed by atoms with van der Waals surface area (Å²) in [5.41, 5.74) is 0.847. The third kappa shape index (κ3) is 10.0. The Morgan fingerprint density at radius 3 is 1.92 bits per heavy atom. The second-order valence-corrected chi connectivity index (χ2v) is 9.27. The van der Waals surface area contributed by atoms with E-state index < -0.39 is 23.6 Å². The Balaban J connectivity index is 0.00000101. The molecule has 8 nitrogen and oxygen atoms in total. The lowest BCUT2D eigenvalue weighted by Crippen LogP contribution is -3.09. The highest BCUT2D eigenvalue weighted by atomic mass is 79.9. The van der Waals surface area contributed by atoms with E-state index in [0.717, 1.165) is 14.9 Å². The van der Waals surface area contributed by atoms with E-state index in [1.807, 2.05) is 38.4 Å². The standard InChI is InChI=1S/C13H18BrClNO3P.ClHO4/c1-16(2)13(20(17,18-3)19-4)9-12(15)10-5-7-11(14)8-6-10;2-1(3,4)5/h5-9,13H,1-4H3;(H,2,3,4,5)/b12-9-;. The van der Waals surface area contributed by atoms with Gasteiger partial charge in [0.15, 0.2) is 0 Å². The van der Waals surface area contributed by atoms with Gasteiger partial charge in [0.05, 0.1) is 19.1 Å². The molecule has 0 bridgehead atoms. The van der Waals surface area contributed by atoms with Gasteiger partial charge in [-0.05, 0) is 17.7 Å². The van der Waals surface area contributed by atoms with Crippen LogP contribution in [0.4, 0.5) is 0 Å². The lowest BCUT2D eigenvalue weighted by Gasteiger charge is -2.24. The molecule has 0 aliphatic rings. The van der Waals surface area contributed by atoms with Gasteiger partial charge in [0.2, 0.25) is 5.78 Å². The molecular weight excluding hydrogens is 464 g/mol. The third-order valence-corrected chi connectivity index (χ3v) is 6.10. The minimum Gasteiger partial charge on any atom is -0.324 e. The first-order valence-electron chi connectivity index (χ1n) is 6.60. The van der Waals surface area contributed by atoms with Crippen molar-refractivity contribution in [2.24, 2.45) is 0 Å². The molecule has 144 valence electrons. The van der Waals surface area contributed by atoms with Gasteiger partial charge in [-0.3, -0.25) is 4.57 Å². The maximum Gasteiger partial charge on any atom is 0.391 e. The van der Waals surface area contributed by atoms with Crippen LogP contribution in [0.3, 0.4) is 0 Å². The number of benzene rings is 1. The van der Waals surface area contributed by atoms with Crippen LogP contribution in [-0.4, -0.2) is 34.1 Å². The summed E-state index contributed by atoms with van der Waals surface area (Å²) >= 11 is 9.69. The van der Waals surface area contributed by atoms with Crippen LogP contribution in [0.25, 0.3) is 5.03 Å². The van der Waals surface area contributed by atoms with Crippen molar-refractivity contribution in [3.8, 4) is 0 Å². The summed E-state index contributed by atoms with van der Waals surface area (Å²) in [7, 11) is -1.68. The van der Waals surface area contributed by atoms with Crippen molar-refractivity contribution in [1.82, 2.24) is 0 Å². The number of hydrogen-bond acceptors (Lipinski definition) is 7. The maximum atomic E-state index is 12.5. The van der Waals surface area contributed by atoms with Crippen LogP contribution in [0, 0.1) is 10.2 Å². The minimum atomic E-state index is -4.94. The molecule has 0 aromatic heterocycles. The van der Waals surface area contributed by atoms with Crippen LogP contribution in [0.15, 0.2) is 34.8 Å². The van der Waals surface area contributed by atoms with Crippen LogP contribution in [0.2, 0.25) is 0 Å². The summed E-state index contributed by atoms with van der Waals surface area (Å²) in [5, 5.41) is 0.512. The highest BCUT2D eigenvalue weighted by molar-refractivity contribution is 9.10. The van der Waals surface area contributed by atoms with Gasteiger partial charge in [0.1, 0.15) is 0 Å². The van der Waals surface area contributed by atoms with Gasteiger partial charge in [-0.15, -0.1) is 10.2 Å². The highest BCUT2D eigenvalue weighted by Gasteiger charge is 2.38. The summed E-state index contributed by atoms with van der Waals surface area (Å²) in [4.78, 5) is 0.910. The number of likely N-dealkylation sites (N-methyl/N-ethyl adjacent to an activating group) is 1. The van der Waals surface area contributed by atoms with E-state index in [9.17, 15) is 4.57 Å². The molecule has 0 aliphatic carbocycles. The smallest absolute Gasteiger partial charge is 0.324 e. The first-order valence-corrected chi connectivity index (χ1v) is 10.6. The van der Waals surface area contributed by atoms with Crippen molar-refractivity contribution in [1.29, 1.82) is 0 Å². The SMILES string of the molecule is COP(=O)(OC)C(/C=C(\Cl)c1ccc(Br)cc1)[NH+](C)C.[O-][Cl+3]([O-])([O-])[O-]. The van der Waals surface area contributed by atoms with Crippen molar-refractivity contribution in [3.05, 3.63) is 40.4 Å². The second kappa shape index (κ2) is 11.0. The Morgan fingerprint density at radius 2 is 1.60 bits per heavy atom. The average molecular weight is 483 g/mol. The van der Waals surface area contributed by atoms with Crippen LogP contribution in [0.5, 0.6) is 0 Å². The van der Waals surface area contributed by atoms with Crippen LogP contribution in [0.1, 0.15) is 5.56 Å². The molecule has 0 saturated carbocycles. The first kappa shape index (κ1) is 25.0. The molecule has 1 unspecified atom stereocenters. The van der Waals surface area contributed by atoms with E-state index in [-0.39, 0.29) is 0 Å². The van der Waals surface area contributed by atoms with E-state index >= 15 is 0 Å². The minimum absolute atomic E-state index is 0.478. The van der Waals surface area contributed by atoms with E-state index in [0.29, 0.717) is 5.03 Å². The van der Waals surface area contributed by atoms with Crippen molar-refractivity contribution in [3.63, 3.8) is 0 Å². The molecule has 0 aliphatic heterocycles. The molecule has 0 saturated heterocycles. The Labute approximate surface area is 162 Å². The number of halogens is 3. The molecule has 0 amide bonds. The lowest BCUT2D eigenvalue weighted by atomic mass is 10.2. The number of hydrogen-bond donors (Lipinski definition) is 1. The van der Waals surface area contributed by atoms with Crippen LogP contribution >= 0.6 is 35.1 Å². The van der Waals surface area contributed by atoms with Crippen molar-refractivity contribution < 1.29 is 47.4 Å². The lowest BCUT2D eigenvalue weighted by molar-refractivity contribution is -2.00. The van der Waals surface area contributed by atoms with Gasteiger partial charge in [-0.2, -0.15) is 0 Å². The predicted octanol–water partition coefficient (Wildman–Crippen LogP) is -1.77. The molecule has 1 N–H and O–H groups in total. The highest BCUT2D eigenvalue weighted by Crippen LogP contribution is 2.50. The molecule has 0 radical (unpaired) electrons. The summed E-state index contributed by atoms with van der Waals surface area (Å²) in [6.07, 6.45) is 1.72. The number of rotatable bonds is 6. The normalized spacial score (nSPS) is 14.1. The molecule has 1 rings (SSSR count). The summed E-state index contributed by atoms with van der Waals surface area (Å²) < 4.78 is 57.6. The molecule has 1 aromatic carbocycles. The van der Waals surface area contributed by atoms with Gasteiger partial charge in [0, 0.05) is 24.8 Å². The van der Waals surface area contributed by atoms with Gasteiger partial charge in [-0.1, -0.05) is 39.7 Å². The summed E-state index contributed by atoms with van der Waals surface area (Å²) in [5.74, 6) is -0.478. The van der Waals surface area contributed by atoms with E-state index in [1.54, 1.807) is 6.08 Å². The van der Waals surface area contributed by atoms with E-state index in [1.165, 1.54) is 14.2 Å². The number of quaternary nitrogens is 1. The molecule has 1 aromatic rings. The van der Waals surface area contributed by atoms with Crippen LogP contribution in [-0.2, 0) is 13.6 Å². The predicted molar refractivity (Wildman–Crippen MR) is 86.2 cm³/mol. The summed E-state index contributed by atoms with van der Waals surface area (Å²) in [6.45, 7) is 0.